The van der Waals surface area contributed by atoms with Gasteiger partial charge in [-0.05, 0) is 39.8 Å². The molecule has 0 radical (unpaired) electrons. The minimum absolute atomic E-state index is 0.0169. The van der Waals surface area contributed by atoms with Crippen LogP contribution in [0.5, 0.6) is 0 Å². The van der Waals surface area contributed by atoms with Crippen molar-refractivity contribution in [2.45, 2.75) is 39.5 Å². The normalized spacial score (nSPS) is 12.1. The lowest BCUT2D eigenvalue weighted by Crippen LogP contribution is -2.27. The molecule has 0 saturated carbocycles. The summed E-state index contributed by atoms with van der Waals surface area (Å²) in [6.45, 7) is 6.59. The maximum atomic E-state index is 12.8. The molecule has 0 aromatic carbocycles. The summed E-state index contributed by atoms with van der Waals surface area (Å²) in [5.74, 6) is 0.156. The van der Waals surface area contributed by atoms with Crippen LogP contribution in [0.1, 0.15) is 32.0 Å². The van der Waals surface area contributed by atoms with E-state index in [0.29, 0.717) is 0 Å². The van der Waals surface area contributed by atoms with Crippen molar-refractivity contribution in [2.24, 2.45) is 0 Å². The number of halogens is 3. The second-order valence-corrected chi connectivity index (χ2v) is 6.13. The molecule has 6 nitrogen and oxygen atoms in total. The third kappa shape index (κ3) is 4.71. The van der Waals surface area contributed by atoms with Crippen molar-refractivity contribution in [1.82, 2.24) is 14.8 Å². The number of carbonyl (C=O) groups excluding carboxylic acids is 1. The number of nitrogens with zero attached hydrogens (tertiary/aromatic N) is 3. The number of aromatic nitrogens is 3. The van der Waals surface area contributed by atoms with Gasteiger partial charge in [-0.2, -0.15) is 17.9 Å². The van der Waals surface area contributed by atoms with Gasteiger partial charge in [-0.1, -0.05) is 0 Å². The first-order valence-electron chi connectivity index (χ1n) is 7.06. The number of anilines is 2. The number of alkyl halides is 3. The first kappa shape index (κ1) is 17.8. The fourth-order valence-electron chi connectivity index (χ4n) is 1.83. The summed E-state index contributed by atoms with van der Waals surface area (Å²) in [6.07, 6.45) is -3.82. The van der Waals surface area contributed by atoms with Gasteiger partial charge in [-0.3, -0.25) is 0 Å². The van der Waals surface area contributed by atoms with Crippen LogP contribution in [0.2, 0.25) is 0 Å². The third-order valence-electron chi connectivity index (χ3n) is 2.71. The summed E-state index contributed by atoms with van der Waals surface area (Å²) in [4.78, 5) is 15.8. The molecule has 0 spiro atoms. The number of ether oxygens (including phenoxy) is 1. The molecule has 0 amide bonds. The summed E-state index contributed by atoms with van der Waals surface area (Å²) < 4.78 is 44.5. The molecular formula is C15H17F3N4O2. The molecule has 9 heteroatoms. The fraction of sp³-hybridized carbons (Fsp3) is 0.400. The second kappa shape index (κ2) is 6.14. The molecular weight excluding hydrogens is 325 g/mol. The number of nitrogens with one attached hydrogen (secondary N) is 1. The quantitative estimate of drug-likeness (QED) is 0.888. The lowest BCUT2D eigenvalue weighted by atomic mass is 10.2. The van der Waals surface area contributed by atoms with Crippen LogP contribution in [0, 0.1) is 6.92 Å². The van der Waals surface area contributed by atoms with Gasteiger partial charge in [0.25, 0.3) is 0 Å². The average Bonchev–Trinajstić information content (AvgIpc) is 2.83. The van der Waals surface area contributed by atoms with E-state index in [1.807, 2.05) is 0 Å². The van der Waals surface area contributed by atoms with E-state index in [-0.39, 0.29) is 17.3 Å². The molecule has 2 heterocycles. The summed E-state index contributed by atoms with van der Waals surface area (Å²) in [7, 11) is 0. The Labute approximate surface area is 136 Å². The van der Waals surface area contributed by atoms with Gasteiger partial charge >= 0.3 is 12.3 Å². The molecule has 0 fully saturated rings. The second-order valence-electron chi connectivity index (χ2n) is 6.13. The van der Waals surface area contributed by atoms with E-state index in [1.54, 1.807) is 20.8 Å². The number of carbonyl (C=O) groups is 1. The van der Waals surface area contributed by atoms with Crippen LogP contribution in [-0.2, 0) is 10.9 Å². The van der Waals surface area contributed by atoms with Gasteiger partial charge in [-0.15, -0.1) is 5.10 Å². The Morgan fingerprint density at radius 3 is 2.46 bits per heavy atom. The molecule has 0 bridgehead atoms. The lowest BCUT2D eigenvalue weighted by Gasteiger charge is -2.18. The number of hydrogen-bond donors (Lipinski definition) is 1. The largest absolute Gasteiger partial charge is 0.442 e. The van der Waals surface area contributed by atoms with E-state index in [1.165, 1.54) is 19.2 Å². The highest BCUT2D eigenvalue weighted by Gasteiger charge is 2.31. The molecule has 0 saturated heterocycles. The van der Waals surface area contributed by atoms with Crippen molar-refractivity contribution >= 4 is 17.7 Å². The number of aryl methyl sites for hydroxylation is 1. The predicted octanol–water partition coefficient (Wildman–Crippen LogP) is 4.13. The van der Waals surface area contributed by atoms with Gasteiger partial charge in [0.15, 0.2) is 5.82 Å². The van der Waals surface area contributed by atoms with E-state index < -0.39 is 23.4 Å². The highest BCUT2D eigenvalue weighted by atomic mass is 19.4. The molecule has 0 unspecified atom stereocenters. The zero-order valence-electron chi connectivity index (χ0n) is 13.6. The SMILES string of the molecule is Cc1cc(C(F)(F)F)cc(Nc2ccn(C(=O)OC(C)(C)C)n2)n1. The van der Waals surface area contributed by atoms with Gasteiger partial charge in [0.05, 0.1) is 5.56 Å². The van der Waals surface area contributed by atoms with E-state index in [0.717, 1.165) is 16.8 Å². The molecule has 0 atom stereocenters. The molecule has 2 rings (SSSR count). The van der Waals surface area contributed by atoms with Gasteiger partial charge < -0.3 is 10.1 Å². The Morgan fingerprint density at radius 1 is 1.21 bits per heavy atom. The van der Waals surface area contributed by atoms with Crippen LogP contribution in [-0.4, -0.2) is 26.5 Å². The lowest BCUT2D eigenvalue weighted by molar-refractivity contribution is -0.137. The Bertz CT molecular complexity index is 748. The molecule has 2 aromatic rings. The molecule has 2 aromatic heterocycles. The number of hydrogen-bond acceptors (Lipinski definition) is 5. The Morgan fingerprint density at radius 2 is 1.88 bits per heavy atom. The zero-order valence-corrected chi connectivity index (χ0v) is 13.6. The fourth-order valence-corrected chi connectivity index (χ4v) is 1.83. The Hall–Kier alpha value is -2.58. The minimum Gasteiger partial charge on any atom is -0.442 e. The Kier molecular flexibility index (Phi) is 4.54. The summed E-state index contributed by atoms with van der Waals surface area (Å²) in [5.41, 5.74) is -1.29. The summed E-state index contributed by atoms with van der Waals surface area (Å²) in [5, 5.41) is 6.57. The first-order valence-corrected chi connectivity index (χ1v) is 7.06. The monoisotopic (exact) mass is 342 g/mol. The maximum absolute atomic E-state index is 12.8. The van der Waals surface area contributed by atoms with Gasteiger partial charge in [0, 0.05) is 18.0 Å². The van der Waals surface area contributed by atoms with E-state index in [9.17, 15) is 18.0 Å². The topological polar surface area (TPSA) is 69.0 Å². The standard InChI is InChI=1S/C15H17F3N4O2/c1-9-7-10(15(16,17)18)8-12(19-9)20-11-5-6-22(21-11)13(23)24-14(2,3)4/h5-8H,1-4H3,(H,19,20,21). The molecule has 130 valence electrons. The van der Waals surface area contributed by atoms with Crippen LogP contribution >= 0.6 is 0 Å². The van der Waals surface area contributed by atoms with Crippen molar-refractivity contribution in [3.8, 4) is 0 Å². The highest BCUT2D eigenvalue weighted by molar-refractivity contribution is 5.70. The third-order valence-corrected chi connectivity index (χ3v) is 2.71. The van der Waals surface area contributed by atoms with Crippen LogP contribution in [0.3, 0.4) is 0 Å². The predicted molar refractivity (Wildman–Crippen MR) is 81.1 cm³/mol. The smallest absolute Gasteiger partial charge is 0.435 e. The van der Waals surface area contributed by atoms with Crippen molar-refractivity contribution in [3.05, 3.63) is 35.7 Å². The summed E-state index contributed by atoms with van der Waals surface area (Å²) in [6, 6.07) is 3.26. The van der Waals surface area contributed by atoms with E-state index in [4.69, 9.17) is 4.74 Å². The van der Waals surface area contributed by atoms with Gasteiger partial charge in [0.1, 0.15) is 11.4 Å². The zero-order chi connectivity index (χ0) is 18.1. The maximum Gasteiger partial charge on any atom is 0.435 e. The van der Waals surface area contributed by atoms with Crippen LogP contribution in [0.4, 0.5) is 29.6 Å². The molecule has 1 N–H and O–H groups in total. The number of rotatable bonds is 2. The average molecular weight is 342 g/mol. The minimum atomic E-state index is -4.47. The van der Waals surface area contributed by atoms with Crippen molar-refractivity contribution in [1.29, 1.82) is 0 Å². The van der Waals surface area contributed by atoms with Crippen molar-refractivity contribution in [2.75, 3.05) is 5.32 Å². The van der Waals surface area contributed by atoms with Gasteiger partial charge in [0.2, 0.25) is 0 Å². The molecule has 0 aliphatic carbocycles. The van der Waals surface area contributed by atoms with Crippen molar-refractivity contribution < 1.29 is 22.7 Å². The first-order chi connectivity index (χ1) is 10.9. The van der Waals surface area contributed by atoms with Crippen LogP contribution in [0.15, 0.2) is 24.4 Å². The van der Waals surface area contributed by atoms with Crippen LogP contribution < -0.4 is 5.32 Å². The molecule has 24 heavy (non-hydrogen) atoms. The van der Waals surface area contributed by atoms with E-state index >= 15 is 0 Å². The van der Waals surface area contributed by atoms with Gasteiger partial charge in [-0.25, -0.2) is 9.78 Å². The number of pyridine rings is 1. The molecule has 0 aliphatic rings. The van der Waals surface area contributed by atoms with E-state index in [2.05, 4.69) is 15.4 Å². The summed E-state index contributed by atoms with van der Waals surface area (Å²) >= 11 is 0. The Balaban J connectivity index is 2.18. The molecule has 0 aliphatic heterocycles. The van der Waals surface area contributed by atoms with Crippen LogP contribution in [0.25, 0.3) is 0 Å². The van der Waals surface area contributed by atoms with Crippen molar-refractivity contribution in [3.63, 3.8) is 0 Å². The highest BCUT2D eigenvalue weighted by Crippen LogP contribution is 2.31.